The molecule has 0 radical (unpaired) electrons. The van der Waals surface area contributed by atoms with E-state index in [1.807, 2.05) is 6.08 Å². The van der Waals surface area contributed by atoms with Crippen LogP contribution in [0.3, 0.4) is 0 Å². The van der Waals surface area contributed by atoms with Gasteiger partial charge in [0.2, 0.25) is 0 Å². The molecule has 1 fully saturated rings. The van der Waals surface area contributed by atoms with Crippen molar-refractivity contribution in [3.05, 3.63) is 12.2 Å². The molecule has 2 unspecified atom stereocenters. The fourth-order valence-electron chi connectivity index (χ4n) is 2.76. The Morgan fingerprint density at radius 3 is 2.59 bits per heavy atom. The van der Waals surface area contributed by atoms with Crippen molar-refractivity contribution in [2.24, 2.45) is 17.3 Å². The number of unbranched alkanes of at least 4 members (excludes halogenated alkanes) is 3. The maximum Gasteiger partial charge on any atom is 0.330 e. The van der Waals surface area contributed by atoms with Gasteiger partial charge in [-0.2, -0.15) is 0 Å². The first-order valence-electron chi connectivity index (χ1n) is 6.80. The highest BCUT2D eigenvalue weighted by Gasteiger charge is 2.54. The quantitative estimate of drug-likeness (QED) is 0.381. The van der Waals surface area contributed by atoms with Crippen LogP contribution in [0.5, 0.6) is 0 Å². The molecule has 1 rings (SSSR count). The highest BCUT2D eigenvalue weighted by molar-refractivity contribution is 5.81. The van der Waals surface area contributed by atoms with E-state index in [4.69, 9.17) is 0 Å². The fourth-order valence-corrected chi connectivity index (χ4v) is 2.76. The molecule has 0 saturated heterocycles. The molecule has 1 aliphatic carbocycles. The van der Waals surface area contributed by atoms with Crippen LogP contribution < -0.4 is 0 Å². The molecule has 0 aromatic heterocycles. The molecule has 0 spiro atoms. The SMILES string of the molecule is CCCCCCC1C(/C=C/C(=O)OC)C1(C)C. The van der Waals surface area contributed by atoms with Crippen LogP contribution in [-0.4, -0.2) is 13.1 Å². The number of esters is 1. The van der Waals surface area contributed by atoms with Crippen molar-refractivity contribution in [2.45, 2.75) is 52.9 Å². The van der Waals surface area contributed by atoms with Crippen molar-refractivity contribution in [3.63, 3.8) is 0 Å². The van der Waals surface area contributed by atoms with Gasteiger partial charge in [-0.3, -0.25) is 0 Å². The Bertz CT molecular complexity index is 279. The van der Waals surface area contributed by atoms with Crippen molar-refractivity contribution in [1.82, 2.24) is 0 Å². The zero-order chi connectivity index (χ0) is 12.9. The molecular weight excluding hydrogens is 212 g/mol. The first-order chi connectivity index (χ1) is 8.04. The zero-order valence-corrected chi connectivity index (χ0v) is 11.7. The number of allylic oxidation sites excluding steroid dienone is 1. The first-order valence-corrected chi connectivity index (χ1v) is 6.80. The highest BCUT2D eigenvalue weighted by atomic mass is 16.5. The molecule has 0 aromatic carbocycles. The van der Waals surface area contributed by atoms with Gasteiger partial charge in [-0.1, -0.05) is 52.5 Å². The normalized spacial score (nSPS) is 26.1. The second-order valence-electron chi connectivity index (χ2n) is 5.69. The molecular formula is C15H26O2. The molecule has 98 valence electrons. The summed E-state index contributed by atoms with van der Waals surface area (Å²) in [6.45, 7) is 6.83. The van der Waals surface area contributed by atoms with Crippen molar-refractivity contribution in [2.75, 3.05) is 7.11 Å². The molecule has 0 heterocycles. The second-order valence-corrected chi connectivity index (χ2v) is 5.69. The van der Waals surface area contributed by atoms with Crippen molar-refractivity contribution in [3.8, 4) is 0 Å². The van der Waals surface area contributed by atoms with Crippen LogP contribution in [0.1, 0.15) is 52.9 Å². The lowest BCUT2D eigenvalue weighted by Gasteiger charge is -2.01. The molecule has 2 nitrogen and oxygen atoms in total. The van der Waals surface area contributed by atoms with E-state index in [0.717, 1.165) is 5.92 Å². The third-order valence-corrected chi connectivity index (χ3v) is 4.15. The number of rotatable bonds is 7. The predicted molar refractivity (Wildman–Crippen MR) is 70.7 cm³/mol. The molecule has 0 aliphatic heterocycles. The Balaban J connectivity index is 2.32. The van der Waals surface area contributed by atoms with Crippen LogP contribution in [-0.2, 0) is 9.53 Å². The minimum absolute atomic E-state index is 0.238. The number of methoxy groups -OCH3 is 1. The summed E-state index contributed by atoms with van der Waals surface area (Å²) in [5, 5.41) is 0. The summed E-state index contributed by atoms with van der Waals surface area (Å²) in [4.78, 5) is 11.1. The van der Waals surface area contributed by atoms with Gasteiger partial charge in [0, 0.05) is 6.08 Å². The van der Waals surface area contributed by atoms with Gasteiger partial charge < -0.3 is 4.74 Å². The molecule has 0 aromatic rings. The van der Waals surface area contributed by atoms with Crippen LogP contribution in [0.4, 0.5) is 0 Å². The maximum atomic E-state index is 11.1. The first kappa shape index (κ1) is 14.3. The monoisotopic (exact) mass is 238 g/mol. The number of hydrogen-bond donors (Lipinski definition) is 0. The smallest absolute Gasteiger partial charge is 0.330 e. The summed E-state index contributed by atoms with van der Waals surface area (Å²) in [5.74, 6) is 1.07. The van der Waals surface area contributed by atoms with Crippen LogP contribution in [0.2, 0.25) is 0 Å². The standard InChI is InChI=1S/C15H26O2/c1-5-6-7-8-9-12-13(15(12,2)3)10-11-14(16)17-4/h10-13H,5-9H2,1-4H3/b11-10+. The summed E-state index contributed by atoms with van der Waals surface area (Å²) >= 11 is 0. The van der Waals surface area contributed by atoms with E-state index in [9.17, 15) is 4.79 Å². The van der Waals surface area contributed by atoms with Crippen LogP contribution in [0.15, 0.2) is 12.2 Å². The van der Waals surface area contributed by atoms with E-state index in [0.29, 0.717) is 11.3 Å². The summed E-state index contributed by atoms with van der Waals surface area (Å²) in [7, 11) is 1.42. The van der Waals surface area contributed by atoms with Crippen molar-refractivity contribution >= 4 is 5.97 Å². The van der Waals surface area contributed by atoms with Gasteiger partial charge in [0.25, 0.3) is 0 Å². The second kappa shape index (κ2) is 6.23. The summed E-state index contributed by atoms with van der Waals surface area (Å²) in [6.07, 6.45) is 10.2. The van der Waals surface area contributed by atoms with Crippen LogP contribution in [0.25, 0.3) is 0 Å². The van der Waals surface area contributed by atoms with Gasteiger partial charge in [0.05, 0.1) is 7.11 Å². The van der Waals surface area contributed by atoms with Crippen molar-refractivity contribution < 1.29 is 9.53 Å². The minimum Gasteiger partial charge on any atom is -0.466 e. The molecule has 2 atom stereocenters. The molecule has 1 aliphatic rings. The Labute approximate surface area is 105 Å². The van der Waals surface area contributed by atoms with Gasteiger partial charge in [-0.15, -0.1) is 0 Å². The van der Waals surface area contributed by atoms with Gasteiger partial charge in [-0.25, -0.2) is 4.79 Å². The number of ether oxygens (including phenoxy) is 1. The van der Waals surface area contributed by atoms with Crippen molar-refractivity contribution in [1.29, 1.82) is 0 Å². The third-order valence-electron chi connectivity index (χ3n) is 4.15. The Morgan fingerprint density at radius 1 is 1.29 bits per heavy atom. The van der Waals surface area contributed by atoms with Gasteiger partial charge in [0.15, 0.2) is 0 Å². The minimum atomic E-state index is -0.238. The number of carbonyl (C=O) groups is 1. The van der Waals surface area contributed by atoms with Crippen LogP contribution in [0, 0.1) is 17.3 Å². The Kier molecular flexibility index (Phi) is 5.23. The average molecular weight is 238 g/mol. The summed E-state index contributed by atoms with van der Waals surface area (Å²) in [6, 6.07) is 0. The van der Waals surface area contributed by atoms with E-state index >= 15 is 0 Å². The molecule has 0 N–H and O–H groups in total. The summed E-state index contributed by atoms with van der Waals surface area (Å²) < 4.78 is 4.62. The molecule has 0 amide bonds. The van der Waals surface area contributed by atoms with E-state index in [-0.39, 0.29) is 5.97 Å². The number of hydrogen-bond acceptors (Lipinski definition) is 2. The molecule has 0 bridgehead atoms. The van der Waals surface area contributed by atoms with E-state index in [1.165, 1.54) is 39.2 Å². The fraction of sp³-hybridized carbons (Fsp3) is 0.800. The Hall–Kier alpha value is -0.790. The maximum absolute atomic E-state index is 11.1. The van der Waals surface area contributed by atoms with E-state index in [2.05, 4.69) is 25.5 Å². The lowest BCUT2D eigenvalue weighted by atomic mass is 10.0. The van der Waals surface area contributed by atoms with Gasteiger partial charge in [0.1, 0.15) is 0 Å². The Morgan fingerprint density at radius 2 is 2.00 bits per heavy atom. The zero-order valence-electron chi connectivity index (χ0n) is 11.7. The van der Waals surface area contributed by atoms with E-state index < -0.39 is 0 Å². The highest BCUT2D eigenvalue weighted by Crippen LogP contribution is 2.61. The average Bonchev–Trinajstić information content (AvgIpc) is 2.82. The topological polar surface area (TPSA) is 26.3 Å². The summed E-state index contributed by atoms with van der Waals surface area (Å²) in [5.41, 5.74) is 0.372. The van der Waals surface area contributed by atoms with E-state index in [1.54, 1.807) is 6.08 Å². The van der Waals surface area contributed by atoms with Crippen LogP contribution >= 0.6 is 0 Å². The lowest BCUT2D eigenvalue weighted by Crippen LogP contribution is -1.94. The predicted octanol–water partition coefficient (Wildman–Crippen LogP) is 3.96. The number of carbonyl (C=O) groups excluding carboxylic acids is 1. The molecule has 1 saturated carbocycles. The third kappa shape index (κ3) is 3.86. The lowest BCUT2D eigenvalue weighted by molar-refractivity contribution is -0.134. The molecule has 2 heteroatoms. The molecule has 17 heavy (non-hydrogen) atoms. The van der Waals surface area contributed by atoms with Gasteiger partial charge in [-0.05, 0) is 23.7 Å². The van der Waals surface area contributed by atoms with Gasteiger partial charge >= 0.3 is 5.97 Å². The largest absolute Gasteiger partial charge is 0.466 e.